The Balaban J connectivity index is 2.53. The largest absolute Gasteiger partial charge is 0.305 e. The minimum atomic E-state index is -0.0119. The van der Waals surface area contributed by atoms with Crippen LogP contribution in [0.25, 0.3) is 0 Å². The molecule has 3 nitrogen and oxygen atoms in total. The van der Waals surface area contributed by atoms with Crippen molar-refractivity contribution in [3.63, 3.8) is 0 Å². The molecule has 0 fully saturated rings. The molecule has 2 aromatic rings. The molecule has 0 radical (unpaired) electrons. The molecule has 2 rings (SSSR count). The lowest BCUT2D eigenvalue weighted by molar-refractivity contribution is 0.519. The maximum atomic E-state index is 6.39. The molecule has 1 atom stereocenters. The Morgan fingerprint density at radius 3 is 2.76 bits per heavy atom. The van der Waals surface area contributed by atoms with Crippen LogP contribution in [0.4, 0.5) is 0 Å². The topological polar surface area (TPSA) is 29.9 Å². The smallest absolute Gasteiger partial charge is 0.0837 e. The third kappa shape index (κ3) is 3.92. The summed E-state index contributed by atoms with van der Waals surface area (Å²) in [5.41, 5.74) is 2.13. The second-order valence-corrected chi connectivity index (χ2v) is 6.76. The summed E-state index contributed by atoms with van der Waals surface area (Å²) in [7, 11) is 0. The van der Waals surface area contributed by atoms with Gasteiger partial charge in [-0.15, -0.1) is 0 Å². The average molecular weight is 438 g/mol. The van der Waals surface area contributed by atoms with Crippen molar-refractivity contribution in [2.24, 2.45) is 0 Å². The SMILES string of the molecule is CCCn1ncc(Cl)c1C(NCC)c1cc(Cl)ccc1I. The van der Waals surface area contributed by atoms with Gasteiger partial charge in [0, 0.05) is 15.1 Å². The lowest BCUT2D eigenvalue weighted by atomic mass is 10.0. The fourth-order valence-electron chi connectivity index (χ4n) is 2.34. The van der Waals surface area contributed by atoms with Crippen molar-refractivity contribution in [2.45, 2.75) is 32.9 Å². The molecule has 0 saturated heterocycles. The van der Waals surface area contributed by atoms with Crippen molar-refractivity contribution < 1.29 is 0 Å². The Labute approximate surface area is 149 Å². The molecule has 1 N–H and O–H groups in total. The maximum Gasteiger partial charge on any atom is 0.0837 e. The van der Waals surface area contributed by atoms with Crippen molar-refractivity contribution in [2.75, 3.05) is 6.54 Å². The predicted octanol–water partition coefficient (Wildman–Crippen LogP) is 4.90. The molecule has 0 aliphatic rings. The van der Waals surface area contributed by atoms with Gasteiger partial charge in [-0.05, 0) is 59.3 Å². The normalized spacial score (nSPS) is 12.6. The minimum absolute atomic E-state index is 0.0119. The summed E-state index contributed by atoms with van der Waals surface area (Å²) in [4.78, 5) is 0. The van der Waals surface area contributed by atoms with Crippen molar-refractivity contribution >= 4 is 45.8 Å². The Bertz CT molecular complexity index is 613. The van der Waals surface area contributed by atoms with Crippen LogP contribution < -0.4 is 5.32 Å². The predicted molar refractivity (Wildman–Crippen MR) is 97.2 cm³/mol. The van der Waals surface area contributed by atoms with Crippen molar-refractivity contribution in [1.82, 2.24) is 15.1 Å². The van der Waals surface area contributed by atoms with Crippen molar-refractivity contribution in [3.8, 4) is 0 Å². The second-order valence-electron chi connectivity index (χ2n) is 4.76. The van der Waals surface area contributed by atoms with E-state index in [-0.39, 0.29) is 6.04 Å². The average Bonchev–Trinajstić information content (AvgIpc) is 2.81. The number of halogens is 3. The quantitative estimate of drug-likeness (QED) is 0.651. The summed E-state index contributed by atoms with van der Waals surface area (Å²) in [6, 6.07) is 5.91. The van der Waals surface area contributed by atoms with Crippen LogP contribution in [0.3, 0.4) is 0 Å². The van der Waals surface area contributed by atoms with Crippen LogP contribution in [0.2, 0.25) is 10.0 Å². The van der Waals surface area contributed by atoms with Gasteiger partial charge in [0.2, 0.25) is 0 Å². The van der Waals surface area contributed by atoms with Gasteiger partial charge in [0.25, 0.3) is 0 Å². The molecule has 6 heteroatoms. The molecule has 0 saturated carbocycles. The molecular weight excluding hydrogens is 420 g/mol. The third-order valence-corrected chi connectivity index (χ3v) is 4.73. The molecule has 0 aliphatic carbocycles. The van der Waals surface area contributed by atoms with E-state index in [2.05, 4.69) is 46.9 Å². The van der Waals surface area contributed by atoms with E-state index in [1.54, 1.807) is 6.20 Å². The molecule has 0 bridgehead atoms. The van der Waals surface area contributed by atoms with Gasteiger partial charge >= 0.3 is 0 Å². The first-order valence-electron chi connectivity index (χ1n) is 6.98. The van der Waals surface area contributed by atoms with Crippen LogP contribution in [0.15, 0.2) is 24.4 Å². The van der Waals surface area contributed by atoms with Gasteiger partial charge in [-0.2, -0.15) is 5.10 Å². The van der Waals surface area contributed by atoms with E-state index in [1.807, 2.05) is 22.9 Å². The zero-order valence-electron chi connectivity index (χ0n) is 12.0. The molecule has 1 heterocycles. The van der Waals surface area contributed by atoms with E-state index in [0.717, 1.165) is 39.4 Å². The summed E-state index contributed by atoms with van der Waals surface area (Å²) in [6.07, 6.45) is 2.73. The van der Waals surface area contributed by atoms with E-state index < -0.39 is 0 Å². The van der Waals surface area contributed by atoms with Crippen LogP contribution in [0.1, 0.15) is 37.6 Å². The highest BCUT2D eigenvalue weighted by Crippen LogP contribution is 2.32. The van der Waals surface area contributed by atoms with E-state index in [9.17, 15) is 0 Å². The van der Waals surface area contributed by atoms with Gasteiger partial charge in [0.1, 0.15) is 0 Å². The highest BCUT2D eigenvalue weighted by Gasteiger charge is 2.23. The van der Waals surface area contributed by atoms with E-state index in [0.29, 0.717) is 5.02 Å². The third-order valence-electron chi connectivity index (χ3n) is 3.22. The van der Waals surface area contributed by atoms with Crippen LogP contribution in [0.5, 0.6) is 0 Å². The lowest BCUT2D eigenvalue weighted by Crippen LogP contribution is -2.26. The summed E-state index contributed by atoms with van der Waals surface area (Å²) in [5.74, 6) is 0. The lowest BCUT2D eigenvalue weighted by Gasteiger charge is -2.22. The summed E-state index contributed by atoms with van der Waals surface area (Å²) >= 11 is 14.9. The number of rotatable bonds is 6. The standard InChI is InChI=1S/C15H18Cl2IN3/c1-3-7-21-15(12(17)9-20-21)14(19-4-2)11-8-10(16)5-6-13(11)18/h5-6,8-9,14,19H,3-4,7H2,1-2H3. The first-order valence-corrected chi connectivity index (χ1v) is 8.81. The van der Waals surface area contributed by atoms with Gasteiger partial charge in [0.05, 0.1) is 23.0 Å². The maximum absolute atomic E-state index is 6.39. The van der Waals surface area contributed by atoms with Gasteiger partial charge in [-0.25, -0.2) is 0 Å². The monoisotopic (exact) mass is 437 g/mol. The fourth-order valence-corrected chi connectivity index (χ4v) is 3.42. The molecule has 114 valence electrons. The summed E-state index contributed by atoms with van der Waals surface area (Å²) in [5, 5.41) is 9.31. The molecule has 1 unspecified atom stereocenters. The minimum Gasteiger partial charge on any atom is -0.305 e. The highest BCUT2D eigenvalue weighted by molar-refractivity contribution is 14.1. The molecule has 21 heavy (non-hydrogen) atoms. The van der Waals surface area contributed by atoms with Crippen LogP contribution in [-0.2, 0) is 6.54 Å². The van der Waals surface area contributed by atoms with Crippen LogP contribution in [-0.4, -0.2) is 16.3 Å². The zero-order valence-corrected chi connectivity index (χ0v) is 15.7. The van der Waals surface area contributed by atoms with Gasteiger partial charge < -0.3 is 5.32 Å². The van der Waals surface area contributed by atoms with Crippen LogP contribution in [0, 0.1) is 3.57 Å². The number of benzene rings is 1. The molecular formula is C15H18Cl2IN3. The van der Waals surface area contributed by atoms with Gasteiger partial charge in [-0.3, -0.25) is 4.68 Å². The van der Waals surface area contributed by atoms with E-state index in [1.165, 1.54) is 0 Å². The number of nitrogens with one attached hydrogen (secondary N) is 1. The second kappa shape index (κ2) is 7.81. The van der Waals surface area contributed by atoms with Crippen molar-refractivity contribution in [3.05, 3.63) is 49.3 Å². The van der Waals surface area contributed by atoms with Gasteiger partial charge in [-0.1, -0.05) is 37.0 Å². The number of aryl methyl sites for hydroxylation is 1. The van der Waals surface area contributed by atoms with E-state index >= 15 is 0 Å². The summed E-state index contributed by atoms with van der Waals surface area (Å²) < 4.78 is 3.13. The molecule has 0 aliphatic heterocycles. The molecule has 1 aromatic carbocycles. The fraction of sp³-hybridized carbons (Fsp3) is 0.400. The number of aromatic nitrogens is 2. The van der Waals surface area contributed by atoms with Crippen molar-refractivity contribution in [1.29, 1.82) is 0 Å². The first-order chi connectivity index (χ1) is 10.1. The van der Waals surface area contributed by atoms with Gasteiger partial charge in [0.15, 0.2) is 0 Å². The molecule has 0 amide bonds. The highest BCUT2D eigenvalue weighted by atomic mass is 127. The zero-order chi connectivity index (χ0) is 15.4. The Hall–Kier alpha value is -0.300. The van der Waals surface area contributed by atoms with E-state index in [4.69, 9.17) is 23.2 Å². The Kier molecular flexibility index (Phi) is 6.34. The number of nitrogens with zero attached hydrogens (tertiary/aromatic N) is 2. The Morgan fingerprint density at radius 2 is 2.10 bits per heavy atom. The van der Waals surface area contributed by atoms with Crippen LogP contribution >= 0.6 is 45.8 Å². The molecule has 1 aromatic heterocycles. The number of hydrogen-bond acceptors (Lipinski definition) is 2. The Morgan fingerprint density at radius 1 is 1.33 bits per heavy atom. The summed E-state index contributed by atoms with van der Waals surface area (Å²) in [6.45, 7) is 5.89. The molecule has 0 spiro atoms. The number of hydrogen-bond donors (Lipinski definition) is 1. The first kappa shape index (κ1) is 17.1.